The Hall–Kier alpha value is -0.570. The van der Waals surface area contributed by atoms with E-state index in [2.05, 4.69) is 24.1 Å². The number of unbranched alkanes of at least 4 members (excludes halogenated alkanes) is 4. The van der Waals surface area contributed by atoms with Crippen LogP contribution in [-0.4, -0.2) is 36.5 Å². The zero-order valence-corrected chi connectivity index (χ0v) is 12.2. The van der Waals surface area contributed by atoms with Crippen LogP contribution >= 0.6 is 0 Å². The zero-order chi connectivity index (χ0) is 13.2. The summed E-state index contributed by atoms with van der Waals surface area (Å²) in [5.74, 6) is 0.370. The van der Waals surface area contributed by atoms with Gasteiger partial charge in [0.25, 0.3) is 0 Å². The molecule has 0 radical (unpaired) electrons. The van der Waals surface area contributed by atoms with Crippen molar-refractivity contribution in [2.45, 2.75) is 71.3 Å². The van der Waals surface area contributed by atoms with E-state index in [1.165, 1.54) is 32.1 Å². The number of nitrogens with one attached hydrogen (secondary N) is 1. The maximum Gasteiger partial charge on any atom is 0.222 e. The first-order chi connectivity index (χ1) is 8.77. The van der Waals surface area contributed by atoms with Gasteiger partial charge in [0.2, 0.25) is 5.91 Å². The lowest BCUT2D eigenvalue weighted by Crippen LogP contribution is -2.47. The molecule has 0 aliphatic carbocycles. The van der Waals surface area contributed by atoms with Crippen LogP contribution in [0.3, 0.4) is 0 Å². The number of hydrogen-bond donors (Lipinski definition) is 1. The first kappa shape index (κ1) is 15.5. The van der Waals surface area contributed by atoms with Crippen LogP contribution in [0.4, 0.5) is 0 Å². The molecule has 1 fully saturated rings. The second kappa shape index (κ2) is 9.37. The Labute approximate surface area is 112 Å². The molecule has 0 saturated carbocycles. The van der Waals surface area contributed by atoms with Gasteiger partial charge in [-0.25, -0.2) is 0 Å². The number of likely N-dealkylation sites (N-methyl/N-ethyl adjacent to an activating group) is 1. The van der Waals surface area contributed by atoms with Crippen LogP contribution in [0.25, 0.3) is 0 Å². The van der Waals surface area contributed by atoms with E-state index >= 15 is 0 Å². The summed E-state index contributed by atoms with van der Waals surface area (Å²) in [4.78, 5) is 14.1. The zero-order valence-electron chi connectivity index (χ0n) is 12.2. The third-order valence-electron chi connectivity index (χ3n) is 3.76. The quantitative estimate of drug-likeness (QED) is 0.675. The molecule has 1 heterocycles. The molecule has 1 atom stereocenters. The monoisotopic (exact) mass is 254 g/mol. The van der Waals surface area contributed by atoms with Crippen molar-refractivity contribution in [3.63, 3.8) is 0 Å². The van der Waals surface area contributed by atoms with E-state index in [0.717, 1.165) is 38.9 Å². The van der Waals surface area contributed by atoms with Crippen molar-refractivity contribution in [1.82, 2.24) is 10.2 Å². The minimum absolute atomic E-state index is 0.370. The molecule has 3 heteroatoms. The van der Waals surface area contributed by atoms with Gasteiger partial charge in [0.15, 0.2) is 0 Å². The molecule has 1 N–H and O–H groups in total. The number of carbonyl (C=O) groups is 1. The predicted molar refractivity (Wildman–Crippen MR) is 76.7 cm³/mol. The van der Waals surface area contributed by atoms with Crippen LogP contribution in [-0.2, 0) is 4.79 Å². The van der Waals surface area contributed by atoms with Crippen molar-refractivity contribution < 1.29 is 4.79 Å². The molecular weight excluding hydrogens is 224 g/mol. The van der Waals surface area contributed by atoms with E-state index in [0.29, 0.717) is 11.9 Å². The van der Waals surface area contributed by atoms with Crippen LogP contribution in [0.2, 0.25) is 0 Å². The molecule has 0 bridgehead atoms. The Morgan fingerprint density at radius 1 is 1.22 bits per heavy atom. The standard InChI is InChI=1S/C15H30N2O/c1-3-5-6-7-8-11-15(18)17-12-9-10-14(13-17)16-4-2/h14,16H,3-13H2,1-2H3. The molecule has 3 nitrogen and oxygen atoms in total. The third-order valence-corrected chi connectivity index (χ3v) is 3.76. The highest BCUT2D eigenvalue weighted by atomic mass is 16.2. The van der Waals surface area contributed by atoms with Gasteiger partial charge in [-0.05, 0) is 25.8 Å². The molecule has 1 aliphatic rings. The SMILES string of the molecule is CCCCCCCC(=O)N1CCCC(NCC)C1. The van der Waals surface area contributed by atoms with Gasteiger partial charge < -0.3 is 10.2 Å². The lowest BCUT2D eigenvalue weighted by atomic mass is 10.0. The summed E-state index contributed by atoms with van der Waals surface area (Å²) in [7, 11) is 0. The molecule has 1 rings (SSSR count). The molecule has 0 spiro atoms. The first-order valence-electron chi connectivity index (χ1n) is 7.79. The third kappa shape index (κ3) is 5.85. The molecule has 1 amide bonds. The summed E-state index contributed by atoms with van der Waals surface area (Å²) >= 11 is 0. The highest BCUT2D eigenvalue weighted by Crippen LogP contribution is 2.13. The van der Waals surface area contributed by atoms with Crippen molar-refractivity contribution >= 4 is 5.91 Å². The van der Waals surface area contributed by atoms with E-state index in [9.17, 15) is 4.79 Å². The maximum absolute atomic E-state index is 12.1. The fourth-order valence-electron chi connectivity index (χ4n) is 2.70. The van der Waals surface area contributed by atoms with Crippen molar-refractivity contribution in [3.8, 4) is 0 Å². The van der Waals surface area contributed by atoms with Crippen LogP contribution in [0, 0.1) is 0 Å². The van der Waals surface area contributed by atoms with E-state index in [1.54, 1.807) is 0 Å². The largest absolute Gasteiger partial charge is 0.341 e. The van der Waals surface area contributed by atoms with E-state index in [-0.39, 0.29) is 0 Å². The Kier molecular flexibility index (Phi) is 8.06. The number of nitrogens with zero attached hydrogens (tertiary/aromatic N) is 1. The summed E-state index contributed by atoms with van der Waals surface area (Å²) in [5, 5.41) is 3.46. The lowest BCUT2D eigenvalue weighted by molar-refractivity contribution is -0.132. The number of likely N-dealkylation sites (tertiary alicyclic amines) is 1. The van der Waals surface area contributed by atoms with Gasteiger partial charge in [0.1, 0.15) is 0 Å². The van der Waals surface area contributed by atoms with Crippen LogP contribution < -0.4 is 5.32 Å². The molecule has 0 aromatic rings. The smallest absolute Gasteiger partial charge is 0.222 e. The van der Waals surface area contributed by atoms with Crippen molar-refractivity contribution in [1.29, 1.82) is 0 Å². The Morgan fingerprint density at radius 2 is 2.00 bits per heavy atom. The number of piperidine rings is 1. The second-order valence-corrected chi connectivity index (χ2v) is 5.40. The van der Waals surface area contributed by atoms with E-state index in [4.69, 9.17) is 0 Å². The number of amides is 1. The fourth-order valence-corrected chi connectivity index (χ4v) is 2.70. The summed E-state index contributed by atoms with van der Waals surface area (Å²) in [6, 6.07) is 0.521. The molecule has 1 saturated heterocycles. The van der Waals surface area contributed by atoms with Gasteiger partial charge in [-0.3, -0.25) is 4.79 Å². The van der Waals surface area contributed by atoms with Crippen molar-refractivity contribution in [2.75, 3.05) is 19.6 Å². The minimum atomic E-state index is 0.370. The number of hydrogen-bond acceptors (Lipinski definition) is 2. The molecule has 106 valence electrons. The fraction of sp³-hybridized carbons (Fsp3) is 0.933. The number of rotatable bonds is 8. The van der Waals surface area contributed by atoms with Crippen LogP contribution in [0.5, 0.6) is 0 Å². The molecule has 1 aliphatic heterocycles. The van der Waals surface area contributed by atoms with Crippen LogP contribution in [0.1, 0.15) is 65.2 Å². The Morgan fingerprint density at radius 3 is 2.72 bits per heavy atom. The minimum Gasteiger partial charge on any atom is -0.341 e. The summed E-state index contributed by atoms with van der Waals surface area (Å²) < 4.78 is 0. The summed E-state index contributed by atoms with van der Waals surface area (Å²) in [6.07, 6.45) is 9.26. The van der Waals surface area contributed by atoms with Gasteiger partial charge in [-0.15, -0.1) is 0 Å². The lowest BCUT2D eigenvalue weighted by Gasteiger charge is -2.33. The summed E-state index contributed by atoms with van der Waals surface area (Å²) in [5.41, 5.74) is 0. The maximum atomic E-state index is 12.1. The summed E-state index contributed by atoms with van der Waals surface area (Å²) in [6.45, 7) is 7.25. The molecule has 0 aromatic heterocycles. The average molecular weight is 254 g/mol. The van der Waals surface area contributed by atoms with E-state index in [1.807, 2.05) is 0 Å². The molecular formula is C15H30N2O. The van der Waals surface area contributed by atoms with Gasteiger partial charge in [-0.2, -0.15) is 0 Å². The predicted octanol–water partition coefficient (Wildman–Crippen LogP) is 2.95. The topological polar surface area (TPSA) is 32.3 Å². The van der Waals surface area contributed by atoms with Gasteiger partial charge in [0.05, 0.1) is 0 Å². The second-order valence-electron chi connectivity index (χ2n) is 5.40. The van der Waals surface area contributed by atoms with Gasteiger partial charge >= 0.3 is 0 Å². The van der Waals surface area contributed by atoms with Crippen molar-refractivity contribution in [2.24, 2.45) is 0 Å². The Balaban J connectivity index is 2.16. The average Bonchev–Trinajstić information content (AvgIpc) is 2.39. The molecule has 0 aromatic carbocycles. The number of carbonyl (C=O) groups excluding carboxylic acids is 1. The van der Waals surface area contributed by atoms with E-state index < -0.39 is 0 Å². The highest BCUT2D eigenvalue weighted by Gasteiger charge is 2.22. The van der Waals surface area contributed by atoms with Crippen molar-refractivity contribution in [3.05, 3.63) is 0 Å². The molecule has 1 unspecified atom stereocenters. The Bertz CT molecular complexity index is 229. The van der Waals surface area contributed by atoms with Gasteiger partial charge in [-0.1, -0.05) is 39.5 Å². The first-order valence-corrected chi connectivity index (χ1v) is 7.79. The molecule has 18 heavy (non-hydrogen) atoms. The van der Waals surface area contributed by atoms with Gasteiger partial charge in [0, 0.05) is 25.6 Å². The van der Waals surface area contributed by atoms with Crippen LogP contribution in [0.15, 0.2) is 0 Å². The highest BCUT2D eigenvalue weighted by molar-refractivity contribution is 5.76. The normalized spacial score (nSPS) is 20.1.